The molecular formula is C16H20N4O3. The molecule has 2 aromatic rings. The molecule has 1 atom stereocenters. The summed E-state index contributed by atoms with van der Waals surface area (Å²) in [6.45, 7) is 4.82. The number of fused-ring (bicyclic) bond motifs is 1. The summed E-state index contributed by atoms with van der Waals surface area (Å²) in [4.78, 5) is 24.8. The van der Waals surface area contributed by atoms with Crippen LogP contribution >= 0.6 is 0 Å². The summed E-state index contributed by atoms with van der Waals surface area (Å²) in [6, 6.07) is 5.61. The third kappa shape index (κ3) is 2.99. The number of hydrogen-bond donors (Lipinski definition) is 2. The van der Waals surface area contributed by atoms with Crippen molar-refractivity contribution in [2.75, 3.05) is 18.4 Å². The number of rotatable bonds is 3. The van der Waals surface area contributed by atoms with E-state index in [1.165, 1.54) is 0 Å². The highest BCUT2D eigenvalue weighted by Gasteiger charge is 2.30. The van der Waals surface area contributed by atoms with Crippen molar-refractivity contribution >= 4 is 28.6 Å². The maximum absolute atomic E-state index is 12.3. The van der Waals surface area contributed by atoms with Crippen molar-refractivity contribution in [1.82, 2.24) is 14.7 Å². The monoisotopic (exact) mass is 316 g/mol. The molecule has 2 heterocycles. The lowest BCUT2D eigenvalue weighted by molar-refractivity contribution is -0.141. The van der Waals surface area contributed by atoms with Gasteiger partial charge in [-0.2, -0.15) is 5.10 Å². The van der Waals surface area contributed by atoms with E-state index in [1.807, 2.05) is 36.7 Å². The third-order valence-corrected chi connectivity index (χ3v) is 4.16. The van der Waals surface area contributed by atoms with Crippen LogP contribution in [0.5, 0.6) is 0 Å². The Labute approximate surface area is 133 Å². The zero-order chi connectivity index (χ0) is 16.6. The summed E-state index contributed by atoms with van der Waals surface area (Å²) in [5, 5.41) is 17.2. The average molecular weight is 316 g/mol. The van der Waals surface area contributed by atoms with Crippen LogP contribution in [-0.2, 0) is 4.79 Å². The van der Waals surface area contributed by atoms with Crippen molar-refractivity contribution in [2.45, 2.75) is 26.3 Å². The average Bonchev–Trinajstić information content (AvgIpc) is 3.13. The van der Waals surface area contributed by atoms with Crippen LogP contribution in [-0.4, -0.2) is 44.9 Å². The number of carboxylic acid groups (broad SMARTS) is 1. The standard InChI is InChI=1S/C16H20N4O3/c1-10(2)20-14-7-13(4-3-11(14)8-17-20)18-16(23)19-6-5-12(9-19)15(21)22/h3-4,7-8,10,12H,5-6,9H2,1-2H3,(H,18,23)(H,21,22). The molecule has 0 spiro atoms. The minimum absolute atomic E-state index is 0.230. The maximum atomic E-state index is 12.3. The Morgan fingerprint density at radius 1 is 1.39 bits per heavy atom. The van der Waals surface area contributed by atoms with Gasteiger partial charge in [-0.25, -0.2) is 4.79 Å². The van der Waals surface area contributed by atoms with Gasteiger partial charge in [0.25, 0.3) is 0 Å². The number of nitrogens with zero attached hydrogens (tertiary/aromatic N) is 3. The molecule has 0 bridgehead atoms. The van der Waals surface area contributed by atoms with E-state index in [9.17, 15) is 9.59 Å². The van der Waals surface area contributed by atoms with E-state index in [0.717, 1.165) is 10.9 Å². The fourth-order valence-electron chi connectivity index (χ4n) is 2.88. The maximum Gasteiger partial charge on any atom is 0.321 e. The first-order chi connectivity index (χ1) is 11.0. The van der Waals surface area contributed by atoms with Crippen LogP contribution in [0.3, 0.4) is 0 Å². The van der Waals surface area contributed by atoms with Crippen LogP contribution in [0, 0.1) is 5.92 Å². The number of carbonyl (C=O) groups excluding carboxylic acids is 1. The molecule has 1 unspecified atom stereocenters. The molecule has 7 nitrogen and oxygen atoms in total. The number of aliphatic carboxylic acids is 1. The van der Waals surface area contributed by atoms with Crippen molar-refractivity contribution in [3.05, 3.63) is 24.4 Å². The molecule has 2 N–H and O–H groups in total. The number of urea groups is 1. The van der Waals surface area contributed by atoms with Crippen molar-refractivity contribution in [3.8, 4) is 0 Å². The van der Waals surface area contributed by atoms with Gasteiger partial charge in [0.1, 0.15) is 0 Å². The molecule has 1 aromatic heterocycles. The van der Waals surface area contributed by atoms with E-state index in [-0.39, 0.29) is 18.6 Å². The number of anilines is 1. The Balaban J connectivity index is 1.75. The van der Waals surface area contributed by atoms with Gasteiger partial charge in [0, 0.05) is 30.2 Å². The molecule has 23 heavy (non-hydrogen) atoms. The minimum atomic E-state index is -0.845. The van der Waals surface area contributed by atoms with Crippen LogP contribution in [0.2, 0.25) is 0 Å². The Hall–Kier alpha value is -2.57. The second-order valence-electron chi connectivity index (χ2n) is 6.16. The number of nitrogens with one attached hydrogen (secondary N) is 1. The second kappa shape index (κ2) is 5.91. The van der Waals surface area contributed by atoms with Gasteiger partial charge in [-0.05, 0) is 38.5 Å². The number of carbonyl (C=O) groups is 2. The molecule has 2 amide bonds. The summed E-state index contributed by atoms with van der Waals surface area (Å²) >= 11 is 0. The van der Waals surface area contributed by atoms with Gasteiger partial charge in [0.15, 0.2) is 0 Å². The summed E-state index contributed by atoms with van der Waals surface area (Å²) in [5.74, 6) is -1.31. The Morgan fingerprint density at radius 2 is 2.17 bits per heavy atom. The Bertz CT molecular complexity index is 753. The number of hydrogen-bond acceptors (Lipinski definition) is 3. The van der Waals surface area contributed by atoms with E-state index in [4.69, 9.17) is 5.11 Å². The molecule has 0 radical (unpaired) electrons. The normalized spacial score (nSPS) is 17.9. The zero-order valence-corrected chi connectivity index (χ0v) is 13.2. The number of likely N-dealkylation sites (tertiary alicyclic amines) is 1. The smallest absolute Gasteiger partial charge is 0.321 e. The largest absolute Gasteiger partial charge is 0.481 e. The zero-order valence-electron chi connectivity index (χ0n) is 13.2. The SMILES string of the molecule is CC(C)n1ncc2ccc(NC(=O)N3CCC(C(=O)O)C3)cc21. The van der Waals surface area contributed by atoms with Gasteiger partial charge in [0.2, 0.25) is 0 Å². The predicted molar refractivity (Wildman–Crippen MR) is 86.5 cm³/mol. The van der Waals surface area contributed by atoms with E-state index in [2.05, 4.69) is 10.4 Å². The molecular weight excluding hydrogens is 296 g/mol. The molecule has 1 saturated heterocycles. The molecule has 1 aliphatic heterocycles. The third-order valence-electron chi connectivity index (χ3n) is 4.16. The van der Waals surface area contributed by atoms with Crippen molar-refractivity contribution in [2.24, 2.45) is 5.92 Å². The molecule has 1 aliphatic rings. The highest BCUT2D eigenvalue weighted by atomic mass is 16.4. The van der Waals surface area contributed by atoms with Gasteiger partial charge in [-0.15, -0.1) is 0 Å². The summed E-state index contributed by atoms with van der Waals surface area (Å²) in [7, 11) is 0. The molecule has 7 heteroatoms. The number of benzene rings is 1. The topological polar surface area (TPSA) is 87.5 Å². The highest BCUT2D eigenvalue weighted by molar-refractivity contribution is 5.93. The fraction of sp³-hybridized carbons (Fsp3) is 0.438. The molecule has 0 saturated carbocycles. The first kappa shape index (κ1) is 15.3. The van der Waals surface area contributed by atoms with Crippen molar-refractivity contribution < 1.29 is 14.7 Å². The van der Waals surface area contributed by atoms with Crippen LogP contribution in [0.1, 0.15) is 26.3 Å². The summed E-state index contributed by atoms with van der Waals surface area (Å²) in [6.07, 6.45) is 2.31. The van der Waals surface area contributed by atoms with E-state index >= 15 is 0 Å². The quantitative estimate of drug-likeness (QED) is 0.911. The number of amides is 2. The lowest BCUT2D eigenvalue weighted by Crippen LogP contribution is -2.33. The molecule has 3 rings (SSSR count). The Kier molecular flexibility index (Phi) is 3.94. The molecule has 1 aromatic carbocycles. The van der Waals surface area contributed by atoms with Crippen molar-refractivity contribution in [1.29, 1.82) is 0 Å². The number of carboxylic acids is 1. The summed E-state index contributed by atoms with van der Waals surface area (Å²) in [5.41, 5.74) is 1.64. The van der Waals surface area contributed by atoms with Gasteiger partial charge in [-0.3, -0.25) is 9.48 Å². The predicted octanol–water partition coefficient (Wildman–Crippen LogP) is 2.56. The van der Waals surface area contributed by atoms with Crippen molar-refractivity contribution in [3.63, 3.8) is 0 Å². The van der Waals surface area contributed by atoms with E-state index in [0.29, 0.717) is 18.7 Å². The van der Waals surface area contributed by atoms with Crippen LogP contribution in [0.4, 0.5) is 10.5 Å². The van der Waals surface area contributed by atoms with Crippen LogP contribution < -0.4 is 5.32 Å². The molecule has 1 fully saturated rings. The Morgan fingerprint density at radius 3 is 2.83 bits per heavy atom. The lowest BCUT2D eigenvalue weighted by atomic mass is 10.1. The van der Waals surface area contributed by atoms with E-state index < -0.39 is 11.9 Å². The first-order valence-electron chi connectivity index (χ1n) is 7.71. The number of aromatic nitrogens is 2. The lowest BCUT2D eigenvalue weighted by Gasteiger charge is -2.17. The van der Waals surface area contributed by atoms with Gasteiger partial charge in [0.05, 0.1) is 17.6 Å². The van der Waals surface area contributed by atoms with Gasteiger partial charge in [-0.1, -0.05) is 0 Å². The van der Waals surface area contributed by atoms with Crippen LogP contribution in [0.15, 0.2) is 24.4 Å². The molecule has 0 aliphatic carbocycles. The molecule has 122 valence electrons. The van der Waals surface area contributed by atoms with Crippen LogP contribution in [0.25, 0.3) is 10.9 Å². The van der Waals surface area contributed by atoms with Gasteiger partial charge >= 0.3 is 12.0 Å². The van der Waals surface area contributed by atoms with Gasteiger partial charge < -0.3 is 15.3 Å². The second-order valence-corrected chi connectivity index (χ2v) is 6.16. The first-order valence-corrected chi connectivity index (χ1v) is 7.71. The fourth-order valence-corrected chi connectivity index (χ4v) is 2.88. The highest BCUT2D eigenvalue weighted by Crippen LogP contribution is 2.23. The minimum Gasteiger partial charge on any atom is -0.481 e. The summed E-state index contributed by atoms with van der Waals surface area (Å²) < 4.78 is 1.90. The van der Waals surface area contributed by atoms with E-state index in [1.54, 1.807) is 11.1 Å².